The first-order chi connectivity index (χ1) is 8.69. The summed E-state index contributed by atoms with van der Waals surface area (Å²) in [5, 5.41) is 12.1. The Bertz CT molecular complexity index is 357. The summed E-state index contributed by atoms with van der Waals surface area (Å²) >= 11 is 0. The first kappa shape index (κ1) is 13.3. The van der Waals surface area contributed by atoms with E-state index in [1.54, 1.807) is 0 Å². The minimum absolute atomic E-state index is 0.642. The molecule has 4 nitrogen and oxygen atoms in total. The van der Waals surface area contributed by atoms with Crippen molar-refractivity contribution in [1.29, 1.82) is 0 Å². The van der Waals surface area contributed by atoms with E-state index in [-0.39, 0.29) is 0 Å². The molecule has 1 aromatic heterocycles. The SMILES string of the molecule is CCN(CC(C)C)c1ccc(CNC2CC2)nn1. The van der Waals surface area contributed by atoms with E-state index in [0.29, 0.717) is 5.92 Å². The maximum absolute atomic E-state index is 4.34. The number of anilines is 1. The minimum atomic E-state index is 0.642. The van der Waals surface area contributed by atoms with Gasteiger partial charge in [-0.05, 0) is 37.8 Å². The molecular formula is C14H24N4. The third-order valence-corrected chi connectivity index (χ3v) is 3.15. The molecule has 0 unspecified atom stereocenters. The van der Waals surface area contributed by atoms with Gasteiger partial charge < -0.3 is 10.2 Å². The molecule has 18 heavy (non-hydrogen) atoms. The second-order valence-electron chi connectivity index (χ2n) is 5.47. The summed E-state index contributed by atoms with van der Waals surface area (Å²) in [5.74, 6) is 1.63. The zero-order valence-corrected chi connectivity index (χ0v) is 11.7. The topological polar surface area (TPSA) is 41.0 Å². The van der Waals surface area contributed by atoms with Crippen molar-refractivity contribution in [2.75, 3.05) is 18.0 Å². The van der Waals surface area contributed by atoms with Gasteiger partial charge in [0.25, 0.3) is 0 Å². The highest BCUT2D eigenvalue weighted by atomic mass is 15.3. The van der Waals surface area contributed by atoms with Crippen molar-refractivity contribution in [3.8, 4) is 0 Å². The van der Waals surface area contributed by atoms with Crippen molar-refractivity contribution in [1.82, 2.24) is 15.5 Å². The van der Waals surface area contributed by atoms with Gasteiger partial charge in [-0.15, -0.1) is 5.10 Å². The van der Waals surface area contributed by atoms with Gasteiger partial charge in [-0.3, -0.25) is 0 Å². The number of aromatic nitrogens is 2. The van der Waals surface area contributed by atoms with E-state index in [0.717, 1.165) is 37.2 Å². The van der Waals surface area contributed by atoms with Crippen LogP contribution in [0.1, 0.15) is 39.3 Å². The van der Waals surface area contributed by atoms with Crippen LogP contribution in [0.25, 0.3) is 0 Å². The summed E-state index contributed by atoms with van der Waals surface area (Å²) in [6.45, 7) is 9.46. The molecule has 0 atom stereocenters. The van der Waals surface area contributed by atoms with Crippen LogP contribution in [0, 0.1) is 5.92 Å². The lowest BCUT2D eigenvalue weighted by atomic mass is 10.2. The summed E-state index contributed by atoms with van der Waals surface area (Å²) in [4.78, 5) is 2.27. The Kier molecular flexibility index (Phi) is 4.53. The van der Waals surface area contributed by atoms with E-state index in [1.165, 1.54) is 12.8 Å². The molecule has 1 fully saturated rings. The molecule has 0 amide bonds. The molecule has 0 aliphatic heterocycles. The number of rotatable bonds is 7. The first-order valence-corrected chi connectivity index (χ1v) is 7.00. The van der Waals surface area contributed by atoms with Crippen LogP contribution in [0.2, 0.25) is 0 Å². The Morgan fingerprint density at radius 2 is 2.11 bits per heavy atom. The van der Waals surface area contributed by atoms with Crippen LogP contribution in [0.15, 0.2) is 12.1 Å². The number of nitrogens with zero attached hydrogens (tertiary/aromatic N) is 3. The molecule has 0 bridgehead atoms. The quantitative estimate of drug-likeness (QED) is 0.803. The molecule has 1 saturated carbocycles. The van der Waals surface area contributed by atoms with E-state index in [2.05, 4.69) is 53.3 Å². The van der Waals surface area contributed by atoms with Gasteiger partial charge in [0.05, 0.1) is 5.69 Å². The van der Waals surface area contributed by atoms with Crippen LogP contribution in [-0.2, 0) is 6.54 Å². The Hall–Kier alpha value is -1.16. The predicted octanol–water partition coefficient (Wildman–Crippen LogP) is 2.21. The maximum Gasteiger partial charge on any atom is 0.151 e. The fourth-order valence-corrected chi connectivity index (χ4v) is 1.98. The largest absolute Gasteiger partial charge is 0.355 e. The van der Waals surface area contributed by atoms with Crippen LogP contribution in [0.5, 0.6) is 0 Å². The van der Waals surface area contributed by atoms with Crippen LogP contribution in [0.3, 0.4) is 0 Å². The molecule has 0 radical (unpaired) electrons. The number of hydrogen-bond acceptors (Lipinski definition) is 4. The fraction of sp³-hybridized carbons (Fsp3) is 0.714. The van der Waals surface area contributed by atoms with Gasteiger partial charge in [0, 0.05) is 25.7 Å². The highest BCUT2D eigenvalue weighted by Gasteiger charge is 2.20. The van der Waals surface area contributed by atoms with Gasteiger partial charge in [0.2, 0.25) is 0 Å². The summed E-state index contributed by atoms with van der Waals surface area (Å²) < 4.78 is 0. The first-order valence-electron chi connectivity index (χ1n) is 7.00. The average molecular weight is 248 g/mol. The summed E-state index contributed by atoms with van der Waals surface area (Å²) in [6.07, 6.45) is 2.62. The molecule has 0 spiro atoms. The van der Waals surface area contributed by atoms with Gasteiger partial charge >= 0.3 is 0 Å². The molecule has 1 aliphatic carbocycles. The minimum Gasteiger partial charge on any atom is -0.355 e. The Morgan fingerprint density at radius 3 is 2.61 bits per heavy atom. The summed E-state index contributed by atoms with van der Waals surface area (Å²) in [5.41, 5.74) is 1.03. The molecule has 100 valence electrons. The molecule has 1 heterocycles. The van der Waals surface area contributed by atoms with E-state index in [1.807, 2.05) is 0 Å². The van der Waals surface area contributed by atoms with Crippen molar-refractivity contribution < 1.29 is 0 Å². The van der Waals surface area contributed by atoms with Gasteiger partial charge in [-0.2, -0.15) is 5.10 Å². The third kappa shape index (κ3) is 3.95. The van der Waals surface area contributed by atoms with Crippen molar-refractivity contribution in [3.05, 3.63) is 17.8 Å². The van der Waals surface area contributed by atoms with Gasteiger partial charge in [0.1, 0.15) is 0 Å². The van der Waals surface area contributed by atoms with Gasteiger partial charge in [-0.1, -0.05) is 13.8 Å². The maximum atomic E-state index is 4.34. The molecular weight excluding hydrogens is 224 g/mol. The zero-order valence-electron chi connectivity index (χ0n) is 11.7. The lowest BCUT2D eigenvalue weighted by molar-refractivity contribution is 0.609. The van der Waals surface area contributed by atoms with Crippen molar-refractivity contribution in [2.45, 2.75) is 46.2 Å². The summed E-state index contributed by atoms with van der Waals surface area (Å²) in [7, 11) is 0. The predicted molar refractivity (Wildman–Crippen MR) is 74.6 cm³/mol. The number of hydrogen-bond donors (Lipinski definition) is 1. The zero-order chi connectivity index (χ0) is 13.0. The van der Waals surface area contributed by atoms with Crippen LogP contribution in [-0.4, -0.2) is 29.3 Å². The lowest BCUT2D eigenvalue weighted by Crippen LogP contribution is -2.28. The van der Waals surface area contributed by atoms with Crippen LogP contribution in [0.4, 0.5) is 5.82 Å². The normalized spacial score (nSPS) is 15.1. The molecule has 1 N–H and O–H groups in total. The van der Waals surface area contributed by atoms with E-state index >= 15 is 0 Å². The second-order valence-corrected chi connectivity index (χ2v) is 5.47. The van der Waals surface area contributed by atoms with Gasteiger partial charge in [0.15, 0.2) is 5.82 Å². The highest BCUT2D eigenvalue weighted by Crippen LogP contribution is 2.19. The average Bonchev–Trinajstić information content (AvgIpc) is 3.18. The van der Waals surface area contributed by atoms with Crippen LogP contribution >= 0.6 is 0 Å². The molecule has 2 rings (SSSR count). The van der Waals surface area contributed by atoms with Gasteiger partial charge in [-0.25, -0.2) is 0 Å². The molecule has 0 aromatic carbocycles. The van der Waals surface area contributed by atoms with E-state index in [4.69, 9.17) is 0 Å². The van der Waals surface area contributed by atoms with Crippen LogP contribution < -0.4 is 10.2 Å². The van der Waals surface area contributed by atoms with E-state index in [9.17, 15) is 0 Å². The Labute approximate surface area is 110 Å². The van der Waals surface area contributed by atoms with Crippen molar-refractivity contribution in [2.24, 2.45) is 5.92 Å². The second kappa shape index (κ2) is 6.14. The number of nitrogens with one attached hydrogen (secondary N) is 1. The van der Waals surface area contributed by atoms with Crippen molar-refractivity contribution in [3.63, 3.8) is 0 Å². The Balaban J connectivity index is 1.91. The fourth-order valence-electron chi connectivity index (χ4n) is 1.98. The lowest BCUT2D eigenvalue weighted by Gasteiger charge is -2.23. The summed E-state index contributed by atoms with van der Waals surface area (Å²) in [6, 6.07) is 4.89. The molecule has 1 aliphatic rings. The smallest absolute Gasteiger partial charge is 0.151 e. The molecule has 0 saturated heterocycles. The molecule has 1 aromatic rings. The monoisotopic (exact) mass is 248 g/mol. The Morgan fingerprint density at radius 1 is 1.33 bits per heavy atom. The van der Waals surface area contributed by atoms with E-state index < -0.39 is 0 Å². The highest BCUT2D eigenvalue weighted by molar-refractivity contribution is 5.37. The molecule has 4 heteroatoms. The van der Waals surface area contributed by atoms with Crippen molar-refractivity contribution >= 4 is 5.82 Å². The third-order valence-electron chi connectivity index (χ3n) is 3.15. The standard InChI is InChI=1S/C14H24N4/c1-4-18(10-11(2)3)14-8-7-13(16-17-14)9-15-12-5-6-12/h7-8,11-12,15H,4-6,9-10H2,1-3H3.